The smallest absolute Gasteiger partial charge is 0.326 e. The Kier molecular flexibility index (Phi) is 29.2. The average Bonchev–Trinajstić information content (AvgIpc) is 3.80. The molecule has 0 aliphatic carbocycles. The number of aliphatic carboxylic acids is 3. The summed E-state index contributed by atoms with van der Waals surface area (Å²) in [5.74, 6) is -13.3. The van der Waals surface area contributed by atoms with Crippen LogP contribution in [0.4, 0.5) is 0 Å². The van der Waals surface area contributed by atoms with Gasteiger partial charge in [-0.05, 0) is 83.1 Å². The van der Waals surface area contributed by atoms with Gasteiger partial charge in [0.25, 0.3) is 0 Å². The third-order valence-corrected chi connectivity index (χ3v) is 11.9. The molecule has 1 saturated heterocycles. The minimum absolute atomic E-state index is 0.00347. The van der Waals surface area contributed by atoms with E-state index in [0.717, 1.165) is 11.8 Å². The lowest BCUT2D eigenvalue weighted by molar-refractivity contribution is -0.145. The number of likely N-dealkylation sites (tertiary alicyclic amines) is 1. The Morgan fingerprint density at radius 1 is 0.589 bits per heavy atom. The predicted molar refractivity (Wildman–Crippen MR) is 263 cm³/mol. The number of nitrogens with one attached hydrogen (secondary N) is 7. The maximum atomic E-state index is 13.9. The molecular formula is C45H77N11O16S. The molecule has 17 N–H and O–H groups in total. The van der Waals surface area contributed by atoms with Crippen LogP contribution in [0.5, 0.6) is 0 Å². The molecule has 0 saturated carbocycles. The molecule has 0 radical (unpaired) electrons. The fourth-order valence-corrected chi connectivity index (χ4v) is 7.88. The zero-order valence-corrected chi connectivity index (χ0v) is 43.0. The molecule has 27 nitrogen and oxygen atoms in total. The van der Waals surface area contributed by atoms with Gasteiger partial charge in [-0.25, -0.2) is 4.79 Å². The number of nitrogens with two attached hydrogens (primary N) is 3. The molecule has 10 atom stereocenters. The van der Waals surface area contributed by atoms with Crippen molar-refractivity contribution in [2.45, 2.75) is 179 Å². The van der Waals surface area contributed by atoms with Crippen molar-refractivity contribution in [3.63, 3.8) is 0 Å². The minimum Gasteiger partial charge on any atom is -0.481 e. The zero-order valence-electron chi connectivity index (χ0n) is 42.1. The highest BCUT2D eigenvalue weighted by Gasteiger charge is 2.40. The van der Waals surface area contributed by atoms with Crippen LogP contribution in [-0.2, 0) is 57.5 Å². The Labute approximate surface area is 429 Å². The van der Waals surface area contributed by atoms with Gasteiger partial charge in [-0.3, -0.25) is 52.7 Å². The number of primary amides is 1. The number of hydrogen-bond donors (Lipinski definition) is 15. The van der Waals surface area contributed by atoms with Crippen LogP contribution in [0.25, 0.3) is 0 Å². The largest absolute Gasteiger partial charge is 0.481 e. The molecule has 0 spiro atoms. The number of thiol groups is 1. The Hall–Kier alpha value is -6.13. The molecule has 1 aliphatic heterocycles. The lowest BCUT2D eigenvalue weighted by Crippen LogP contribution is -2.62. The Bertz CT molecular complexity index is 1940. The van der Waals surface area contributed by atoms with E-state index in [4.69, 9.17) is 17.2 Å². The number of aliphatic hydroxyl groups is 1. The van der Waals surface area contributed by atoms with Crippen molar-refractivity contribution >= 4 is 83.7 Å². The average molecular weight is 1060 g/mol. The van der Waals surface area contributed by atoms with Crippen molar-refractivity contribution in [2.24, 2.45) is 29.0 Å². The summed E-state index contributed by atoms with van der Waals surface area (Å²) < 4.78 is 0. The lowest BCUT2D eigenvalue weighted by Gasteiger charge is -2.30. The highest BCUT2D eigenvalue weighted by molar-refractivity contribution is 7.80. The normalized spacial score (nSPS) is 17.0. The van der Waals surface area contributed by atoms with Crippen LogP contribution in [0.3, 0.4) is 0 Å². The van der Waals surface area contributed by atoms with Crippen LogP contribution in [0.15, 0.2) is 0 Å². The number of carboxylic acid groups (broad SMARTS) is 3. The number of aliphatic hydroxyl groups excluding tert-OH is 1. The summed E-state index contributed by atoms with van der Waals surface area (Å²) in [6.45, 7) is 8.57. The van der Waals surface area contributed by atoms with Gasteiger partial charge in [-0.1, -0.05) is 34.1 Å². The maximum Gasteiger partial charge on any atom is 0.326 e. The molecule has 414 valence electrons. The number of carbonyl (C=O) groups excluding carboxylic acids is 9. The fourth-order valence-electron chi connectivity index (χ4n) is 7.64. The fraction of sp³-hybridized carbons (Fsp3) is 0.733. The molecule has 1 aliphatic rings. The van der Waals surface area contributed by atoms with E-state index in [0.29, 0.717) is 32.2 Å². The number of carboxylic acids is 3. The number of amides is 9. The summed E-state index contributed by atoms with van der Waals surface area (Å²) in [6.07, 6.45) is -2.93. The molecule has 1 fully saturated rings. The predicted octanol–water partition coefficient (Wildman–Crippen LogP) is -3.69. The first kappa shape index (κ1) is 64.9. The second kappa shape index (κ2) is 32.8. The van der Waals surface area contributed by atoms with Gasteiger partial charge in [0.2, 0.25) is 53.2 Å². The number of carbonyl (C=O) groups is 12. The van der Waals surface area contributed by atoms with Gasteiger partial charge in [-0.2, -0.15) is 12.6 Å². The first-order chi connectivity index (χ1) is 34.1. The number of hydrogen-bond acceptors (Lipinski definition) is 16. The van der Waals surface area contributed by atoms with Crippen LogP contribution in [0.2, 0.25) is 0 Å². The Morgan fingerprint density at radius 2 is 1.04 bits per heavy atom. The summed E-state index contributed by atoms with van der Waals surface area (Å²) in [5, 5.41) is 56.1. The first-order valence-corrected chi connectivity index (χ1v) is 24.9. The molecular weight excluding hydrogens is 983 g/mol. The van der Waals surface area contributed by atoms with Gasteiger partial charge in [-0.15, -0.1) is 0 Å². The van der Waals surface area contributed by atoms with E-state index in [1.165, 1.54) is 0 Å². The zero-order chi connectivity index (χ0) is 55.7. The summed E-state index contributed by atoms with van der Waals surface area (Å²) in [7, 11) is 0. The van der Waals surface area contributed by atoms with Gasteiger partial charge in [0.05, 0.1) is 12.1 Å². The third-order valence-electron chi connectivity index (χ3n) is 11.5. The Morgan fingerprint density at radius 3 is 1.49 bits per heavy atom. The van der Waals surface area contributed by atoms with E-state index in [2.05, 4.69) is 49.8 Å². The van der Waals surface area contributed by atoms with Gasteiger partial charge in [0.1, 0.15) is 48.3 Å². The van der Waals surface area contributed by atoms with Crippen molar-refractivity contribution in [1.29, 1.82) is 0 Å². The summed E-state index contributed by atoms with van der Waals surface area (Å²) >= 11 is 4.17. The molecule has 73 heavy (non-hydrogen) atoms. The standard InChI is InChI=1S/C45H77N11O16S/c1-22(2)19-29(52-37(63)25(47)9-6-7-17-46)41(67)53-30(20-23(3)4)40(66)49-27(13-16-35(61)62)39(65)55-36(24(5)57)43(69)50-26(12-15-34(59)60)38(64)54-31(21-73)44(70)56-18-8-10-32(56)42(68)51-28(45(71)72)11-14-33(48)58/h22-32,36,57,73H,6-21,46-47H2,1-5H3,(H2,48,58)(H,49,66)(H,50,69)(H,51,68)(H,52,63)(H,53,67)(H,54,64)(H,55,65)(H,59,60)(H,61,62)(H,71,72)/t24-,25+,26+,27+,28+,29+,30+,31+,32+,36+/m1/s1. The quantitative estimate of drug-likeness (QED) is 0.0215. The second-order valence-corrected chi connectivity index (χ2v) is 19.2. The van der Waals surface area contributed by atoms with Crippen molar-refractivity contribution in [2.75, 3.05) is 18.8 Å². The van der Waals surface area contributed by atoms with E-state index < -0.39 is 157 Å². The van der Waals surface area contributed by atoms with Crippen LogP contribution in [0, 0.1) is 11.8 Å². The monoisotopic (exact) mass is 1060 g/mol. The molecule has 9 amide bonds. The van der Waals surface area contributed by atoms with E-state index in [9.17, 15) is 78.0 Å². The topological polar surface area (TPSA) is 451 Å². The minimum atomic E-state index is -1.94. The highest BCUT2D eigenvalue weighted by Crippen LogP contribution is 2.20. The van der Waals surface area contributed by atoms with Crippen molar-refractivity contribution < 1.29 is 78.0 Å². The summed E-state index contributed by atoms with van der Waals surface area (Å²) in [5.41, 5.74) is 16.7. The maximum absolute atomic E-state index is 13.9. The number of nitrogens with zero attached hydrogens (tertiary/aromatic N) is 1. The second-order valence-electron chi connectivity index (χ2n) is 18.8. The Balaban J connectivity index is 3.37. The molecule has 0 aromatic rings. The summed E-state index contributed by atoms with van der Waals surface area (Å²) in [6, 6.07) is -13.0. The van der Waals surface area contributed by atoms with E-state index in [1.54, 1.807) is 13.8 Å². The SMILES string of the molecule is CC(C)C[C@H](NC(=O)[C@H](CC(C)C)NC(=O)[C@@H](N)CCCCN)C(=O)N[C@@H](CCC(=O)O)C(=O)N[C@H](C(=O)N[C@@H](CCC(=O)O)C(=O)N[C@@H](CS)C(=O)N1CCC[C@H]1C(=O)N[C@@H](CCC(N)=O)C(=O)O)[C@@H](C)O. The number of unbranched alkanes of at least 4 members (excludes halogenated alkanes) is 1. The molecule has 0 bridgehead atoms. The van der Waals surface area contributed by atoms with Gasteiger partial charge in [0.15, 0.2) is 0 Å². The first-order valence-electron chi connectivity index (χ1n) is 24.3. The van der Waals surface area contributed by atoms with Crippen molar-refractivity contribution in [1.82, 2.24) is 42.1 Å². The van der Waals surface area contributed by atoms with Gasteiger partial charge < -0.3 is 79.7 Å². The molecule has 28 heteroatoms. The molecule has 0 aromatic carbocycles. The van der Waals surface area contributed by atoms with E-state index in [-0.39, 0.29) is 56.2 Å². The third kappa shape index (κ3) is 24.0. The van der Waals surface area contributed by atoms with Crippen LogP contribution in [0.1, 0.15) is 118 Å². The van der Waals surface area contributed by atoms with E-state index >= 15 is 0 Å². The molecule has 0 unspecified atom stereocenters. The highest BCUT2D eigenvalue weighted by atomic mass is 32.1. The van der Waals surface area contributed by atoms with Gasteiger partial charge in [0, 0.05) is 31.6 Å². The lowest BCUT2D eigenvalue weighted by atomic mass is 9.99. The van der Waals surface area contributed by atoms with E-state index in [1.807, 2.05) is 13.8 Å². The molecule has 1 rings (SSSR count). The number of rotatable bonds is 35. The van der Waals surface area contributed by atoms with Crippen LogP contribution >= 0.6 is 12.6 Å². The van der Waals surface area contributed by atoms with Crippen molar-refractivity contribution in [3.05, 3.63) is 0 Å². The molecule has 1 heterocycles. The molecule has 0 aromatic heterocycles. The van der Waals surface area contributed by atoms with Crippen LogP contribution in [-0.4, -0.2) is 176 Å². The van der Waals surface area contributed by atoms with Gasteiger partial charge >= 0.3 is 17.9 Å². The summed E-state index contributed by atoms with van der Waals surface area (Å²) in [4.78, 5) is 156. The van der Waals surface area contributed by atoms with Crippen LogP contribution < -0.4 is 54.4 Å². The van der Waals surface area contributed by atoms with Crippen molar-refractivity contribution in [3.8, 4) is 0 Å².